The molecular weight excluding hydrogens is 552 g/mol. The van der Waals surface area contributed by atoms with Crippen molar-refractivity contribution in [2.24, 2.45) is 0 Å². The van der Waals surface area contributed by atoms with E-state index < -0.39 is 0 Å². The fourth-order valence-corrected chi connectivity index (χ4v) is 6.30. The number of carbonyl (C=O) groups excluding carboxylic acids is 1. The molecule has 1 heterocycles. The van der Waals surface area contributed by atoms with E-state index in [0.717, 1.165) is 28.5 Å². The van der Waals surface area contributed by atoms with Crippen LogP contribution in [0.4, 0.5) is 0 Å². The summed E-state index contributed by atoms with van der Waals surface area (Å²) in [5, 5.41) is 7.20. The van der Waals surface area contributed by atoms with E-state index in [9.17, 15) is 4.79 Å². The van der Waals surface area contributed by atoms with Crippen LogP contribution in [0.2, 0.25) is 0 Å². The van der Waals surface area contributed by atoms with Crippen LogP contribution in [-0.2, 0) is 24.4 Å². The summed E-state index contributed by atoms with van der Waals surface area (Å²) in [6.07, 6.45) is 2.17. The predicted octanol–water partition coefficient (Wildman–Crippen LogP) is 8.84. The molecule has 7 aromatic carbocycles. The molecule has 8 aromatic rings. The zero-order chi connectivity index (χ0) is 30.2. The molecule has 0 amide bonds. The van der Waals surface area contributed by atoms with Gasteiger partial charge in [0.1, 0.15) is 19.7 Å². The molecule has 1 aromatic heterocycles. The molecule has 0 N–H and O–H groups in total. The average molecular weight is 584 g/mol. The average Bonchev–Trinajstić information content (AvgIpc) is 3.42. The zero-order valence-electron chi connectivity index (χ0n) is 24.8. The number of benzene rings is 7. The number of rotatable bonds is 7. The molecule has 0 saturated heterocycles. The molecule has 4 heteroatoms. The first-order valence-electron chi connectivity index (χ1n) is 15.3. The molecule has 0 atom stereocenters. The van der Waals surface area contributed by atoms with Crippen molar-refractivity contribution in [1.29, 1.82) is 0 Å². The molecule has 0 aliphatic rings. The number of carbonyl (C=O) groups is 1. The SMILES string of the molecule is O=C(OCc1ccc2ccccc2c1)c1ccc2c(c1)n(Cc1ccc3ccccc3c1)c[n+]2Cc1ccc2ccccc2c1. The number of imidazole rings is 1. The van der Waals surface area contributed by atoms with Crippen LogP contribution in [0.1, 0.15) is 27.0 Å². The largest absolute Gasteiger partial charge is 0.457 e. The smallest absolute Gasteiger partial charge is 0.338 e. The second-order valence-electron chi connectivity index (χ2n) is 11.7. The first-order chi connectivity index (χ1) is 22.2. The Morgan fingerprint density at radius 3 is 1.73 bits per heavy atom. The van der Waals surface area contributed by atoms with Gasteiger partial charge in [-0.3, -0.25) is 0 Å². The van der Waals surface area contributed by atoms with Crippen molar-refractivity contribution in [3.8, 4) is 0 Å². The van der Waals surface area contributed by atoms with E-state index in [1.54, 1.807) is 0 Å². The highest BCUT2D eigenvalue weighted by Crippen LogP contribution is 2.22. The second-order valence-corrected chi connectivity index (χ2v) is 11.7. The minimum Gasteiger partial charge on any atom is -0.457 e. The molecule has 0 radical (unpaired) electrons. The summed E-state index contributed by atoms with van der Waals surface area (Å²) in [5.74, 6) is -0.329. The Hall–Kier alpha value is -5.74. The third kappa shape index (κ3) is 5.43. The van der Waals surface area contributed by atoms with Crippen LogP contribution in [0, 0.1) is 0 Å². The third-order valence-electron chi connectivity index (χ3n) is 8.63. The summed E-state index contributed by atoms with van der Waals surface area (Å²) in [7, 11) is 0. The second kappa shape index (κ2) is 11.4. The van der Waals surface area contributed by atoms with Gasteiger partial charge < -0.3 is 4.74 Å². The predicted molar refractivity (Wildman–Crippen MR) is 181 cm³/mol. The fourth-order valence-electron chi connectivity index (χ4n) is 6.30. The summed E-state index contributed by atoms with van der Waals surface area (Å²) in [6.45, 7) is 1.63. The highest BCUT2D eigenvalue weighted by Gasteiger charge is 2.20. The van der Waals surface area contributed by atoms with Crippen molar-refractivity contribution in [2.45, 2.75) is 19.7 Å². The minimum atomic E-state index is -0.329. The van der Waals surface area contributed by atoms with Crippen LogP contribution in [0.25, 0.3) is 43.4 Å². The van der Waals surface area contributed by atoms with E-state index in [1.165, 1.54) is 38.1 Å². The van der Waals surface area contributed by atoms with E-state index in [0.29, 0.717) is 12.1 Å². The normalized spacial score (nSPS) is 11.5. The number of aromatic nitrogens is 2. The van der Waals surface area contributed by atoms with Crippen LogP contribution in [0.5, 0.6) is 0 Å². The molecule has 0 aliphatic heterocycles. The molecule has 0 aliphatic carbocycles. The molecule has 0 bridgehead atoms. The highest BCUT2D eigenvalue weighted by atomic mass is 16.5. The molecule has 8 rings (SSSR count). The molecule has 0 spiro atoms. The summed E-state index contributed by atoms with van der Waals surface area (Å²) in [5.41, 5.74) is 5.99. The lowest BCUT2D eigenvalue weighted by Gasteiger charge is -2.07. The lowest BCUT2D eigenvalue weighted by molar-refractivity contribution is -0.663. The lowest BCUT2D eigenvalue weighted by Crippen LogP contribution is -2.32. The molecule has 45 heavy (non-hydrogen) atoms. The van der Waals surface area contributed by atoms with E-state index >= 15 is 0 Å². The highest BCUT2D eigenvalue weighted by molar-refractivity contribution is 5.93. The summed E-state index contributed by atoms with van der Waals surface area (Å²) < 4.78 is 10.3. The lowest BCUT2D eigenvalue weighted by atomic mass is 10.1. The molecule has 0 saturated carbocycles. The van der Waals surface area contributed by atoms with Crippen LogP contribution in [-0.4, -0.2) is 10.5 Å². The topological polar surface area (TPSA) is 35.1 Å². The Morgan fingerprint density at radius 2 is 1.09 bits per heavy atom. The quantitative estimate of drug-likeness (QED) is 0.139. The first-order valence-corrected chi connectivity index (χ1v) is 15.3. The van der Waals surface area contributed by atoms with Crippen LogP contribution in [0.3, 0.4) is 0 Å². The standard InChI is InChI=1S/C41H31N2O2/c44-41(45-27-31-15-18-34-9-3-6-12-37(34)23-31)38-19-20-39-40(24-38)43(26-30-14-17-33-8-2-5-11-36(33)22-30)28-42(39)25-29-13-16-32-7-1-4-10-35(32)21-29/h1-24,28H,25-27H2/q+1. The van der Waals surface area contributed by atoms with Gasteiger partial charge in [-0.25, -0.2) is 13.9 Å². The third-order valence-corrected chi connectivity index (χ3v) is 8.63. The molecule has 0 fully saturated rings. The summed E-state index contributed by atoms with van der Waals surface area (Å²) in [6, 6.07) is 50.4. The summed E-state index contributed by atoms with van der Waals surface area (Å²) >= 11 is 0. The van der Waals surface area contributed by atoms with Gasteiger partial charge in [0, 0.05) is 6.07 Å². The fraction of sp³-hybridized carbons (Fsp3) is 0.0732. The van der Waals surface area contributed by atoms with E-state index in [4.69, 9.17) is 4.74 Å². The Bertz CT molecular complexity index is 2370. The van der Waals surface area contributed by atoms with Crippen molar-refractivity contribution >= 4 is 49.3 Å². The Balaban J connectivity index is 1.12. The number of nitrogens with zero attached hydrogens (tertiary/aromatic N) is 2. The van der Waals surface area contributed by atoms with Crippen LogP contribution < -0.4 is 4.57 Å². The van der Waals surface area contributed by atoms with E-state index in [2.05, 4.69) is 125 Å². The number of hydrogen-bond donors (Lipinski definition) is 0. The van der Waals surface area contributed by atoms with Crippen molar-refractivity contribution in [2.75, 3.05) is 0 Å². The monoisotopic (exact) mass is 583 g/mol. The van der Waals surface area contributed by atoms with Gasteiger partial charge >= 0.3 is 5.97 Å². The van der Waals surface area contributed by atoms with Gasteiger partial charge in [-0.1, -0.05) is 109 Å². The van der Waals surface area contributed by atoms with Gasteiger partial charge in [0.05, 0.1) is 5.56 Å². The van der Waals surface area contributed by atoms with Gasteiger partial charge in [0.15, 0.2) is 11.0 Å². The van der Waals surface area contributed by atoms with Gasteiger partial charge in [-0.2, -0.15) is 0 Å². The minimum absolute atomic E-state index is 0.224. The first kappa shape index (κ1) is 26.9. The Labute approximate surface area is 261 Å². The van der Waals surface area contributed by atoms with Crippen molar-refractivity contribution < 1.29 is 14.1 Å². The maximum absolute atomic E-state index is 13.3. The molecule has 4 nitrogen and oxygen atoms in total. The van der Waals surface area contributed by atoms with Crippen molar-refractivity contribution in [3.05, 3.63) is 174 Å². The van der Waals surface area contributed by atoms with E-state index in [-0.39, 0.29) is 12.6 Å². The van der Waals surface area contributed by atoms with Crippen molar-refractivity contribution in [1.82, 2.24) is 4.57 Å². The molecule has 0 unspecified atom stereocenters. The van der Waals surface area contributed by atoms with Crippen LogP contribution >= 0.6 is 0 Å². The van der Waals surface area contributed by atoms with E-state index in [1.807, 2.05) is 36.4 Å². The molecular formula is C41H31N2O2+. The molecule has 216 valence electrons. The van der Waals surface area contributed by atoms with Crippen LogP contribution in [0.15, 0.2) is 152 Å². The number of fused-ring (bicyclic) bond motifs is 4. The number of hydrogen-bond acceptors (Lipinski definition) is 2. The van der Waals surface area contributed by atoms with Crippen molar-refractivity contribution in [3.63, 3.8) is 0 Å². The number of esters is 1. The van der Waals surface area contributed by atoms with Gasteiger partial charge in [-0.05, 0) is 79.3 Å². The maximum Gasteiger partial charge on any atom is 0.338 e. The van der Waals surface area contributed by atoms with Gasteiger partial charge in [-0.15, -0.1) is 0 Å². The van der Waals surface area contributed by atoms with Gasteiger partial charge in [0.2, 0.25) is 6.33 Å². The Kier molecular flexibility index (Phi) is 6.80. The maximum atomic E-state index is 13.3. The summed E-state index contributed by atoms with van der Waals surface area (Å²) in [4.78, 5) is 13.3. The van der Waals surface area contributed by atoms with Gasteiger partial charge in [0.25, 0.3) is 0 Å². The zero-order valence-corrected chi connectivity index (χ0v) is 24.8. The Morgan fingerprint density at radius 1 is 0.556 bits per heavy atom. The number of ether oxygens (including phenoxy) is 1.